The Balaban J connectivity index is 2.01. The van der Waals surface area contributed by atoms with Gasteiger partial charge in [0.05, 0.1) is 18.6 Å². The van der Waals surface area contributed by atoms with E-state index in [1.54, 1.807) is 31.4 Å². The molecule has 1 aromatic carbocycles. The number of aromatic hydroxyl groups is 1. The molecule has 1 saturated heterocycles. The van der Waals surface area contributed by atoms with Crippen LogP contribution in [0.15, 0.2) is 38.8 Å². The Bertz CT molecular complexity index is 1140. The van der Waals surface area contributed by atoms with Gasteiger partial charge in [-0.25, -0.2) is 9.79 Å². The number of carbonyl (C=O) groups is 1. The minimum atomic E-state index is -0.677. The van der Waals surface area contributed by atoms with E-state index in [0.29, 0.717) is 18.0 Å². The number of thioether (sulfide) groups is 1. The third-order valence-corrected chi connectivity index (χ3v) is 6.57. The number of aliphatic imine (C=N–C) groups is 1. The Kier molecular flexibility index (Phi) is 7.44. The number of carbonyl (C=O) groups excluding carboxylic acids is 1. The van der Waals surface area contributed by atoms with Crippen LogP contribution in [0.3, 0.4) is 0 Å². The predicted molar refractivity (Wildman–Crippen MR) is 125 cm³/mol. The summed E-state index contributed by atoms with van der Waals surface area (Å²) >= 11 is 1.07. The Hall–Kier alpha value is -3.01. The van der Waals surface area contributed by atoms with Gasteiger partial charge >= 0.3 is 5.69 Å². The zero-order valence-electron chi connectivity index (χ0n) is 18.7. The smallest absolute Gasteiger partial charge is 0.333 e. The molecule has 1 amide bonds. The van der Waals surface area contributed by atoms with Crippen molar-refractivity contribution in [2.45, 2.75) is 32.2 Å². The lowest BCUT2D eigenvalue weighted by Crippen LogP contribution is -2.43. The number of hydrogen-bond acceptors (Lipinski definition) is 7. The van der Waals surface area contributed by atoms with Gasteiger partial charge in [0.15, 0.2) is 0 Å². The van der Waals surface area contributed by atoms with E-state index in [1.807, 2.05) is 11.8 Å². The van der Waals surface area contributed by atoms with E-state index in [9.17, 15) is 19.5 Å². The van der Waals surface area contributed by atoms with E-state index in [2.05, 4.69) is 4.99 Å². The molecule has 1 unspecified atom stereocenters. The first-order chi connectivity index (χ1) is 15.2. The van der Waals surface area contributed by atoms with Crippen LogP contribution in [0.5, 0.6) is 11.6 Å². The predicted octanol–water partition coefficient (Wildman–Crippen LogP) is 2.01. The van der Waals surface area contributed by atoms with E-state index in [-0.39, 0.29) is 28.3 Å². The second-order valence-corrected chi connectivity index (χ2v) is 8.70. The summed E-state index contributed by atoms with van der Waals surface area (Å²) in [4.78, 5) is 44.3. The normalized spacial score (nSPS) is 16.8. The number of piperidine rings is 1. The first-order valence-corrected chi connectivity index (χ1v) is 11.4. The zero-order valence-corrected chi connectivity index (χ0v) is 19.5. The fraction of sp³-hybridized carbons (Fsp3) is 0.455. The summed E-state index contributed by atoms with van der Waals surface area (Å²) in [6, 6.07) is 7.02. The first kappa shape index (κ1) is 23.6. The number of benzene rings is 1. The van der Waals surface area contributed by atoms with E-state index in [1.165, 1.54) is 14.1 Å². The maximum absolute atomic E-state index is 12.9. The number of methoxy groups -OCH3 is 1. The van der Waals surface area contributed by atoms with Gasteiger partial charge in [0, 0.05) is 26.7 Å². The van der Waals surface area contributed by atoms with Crippen LogP contribution in [0.25, 0.3) is 0 Å². The number of rotatable bonds is 5. The maximum atomic E-state index is 12.9. The Morgan fingerprint density at radius 3 is 2.50 bits per heavy atom. The third kappa shape index (κ3) is 4.90. The lowest BCUT2D eigenvalue weighted by atomic mass is 10.0. The number of ether oxygens (including phenoxy) is 1. The number of hydrogen-bond donors (Lipinski definition) is 1. The van der Waals surface area contributed by atoms with Crippen LogP contribution >= 0.6 is 11.8 Å². The van der Waals surface area contributed by atoms with Crippen LogP contribution < -0.4 is 16.0 Å². The van der Waals surface area contributed by atoms with Gasteiger partial charge in [-0.3, -0.25) is 18.7 Å². The molecule has 1 aliphatic rings. The highest BCUT2D eigenvalue weighted by atomic mass is 32.2. The lowest BCUT2D eigenvalue weighted by molar-refractivity contribution is -0.131. The Morgan fingerprint density at radius 2 is 1.88 bits per heavy atom. The molecule has 0 aliphatic carbocycles. The highest BCUT2D eigenvalue weighted by molar-refractivity contribution is 8.15. The minimum Gasteiger partial charge on any atom is -0.497 e. The standard InChI is InChI=1S/C22H28N4O5S/c1-14-7-5-6-12-26(14)17(27)13-32-19(23-15-8-10-16(31-4)11-9-15)18-20(28)24(2)22(30)25(3)21(18)29/h8-11,14,28H,5-7,12-13H2,1-4H3. The van der Waals surface area contributed by atoms with Gasteiger partial charge in [-0.05, 0) is 50.5 Å². The number of amides is 1. The Labute approximate surface area is 190 Å². The third-order valence-electron chi connectivity index (χ3n) is 5.61. The maximum Gasteiger partial charge on any atom is 0.333 e. The molecule has 1 aromatic heterocycles. The van der Waals surface area contributed by atoms with Crippen molar-refractivity contribution in [3.63, 3.8) is 0 Å². The number of aromatic nitrogens is 2. The van der Waals surface area contributed by atoms with Gasteiger partial charge in [-0.2, -0.15) is 0 Å². The monoisotopic (exact) mass is 460 g/mol. The molecular formula is C22H28N4O5S. The summed E-state index contributed by atoms with van der Waals surface area (Å²) in [6.07, 6.45) is 3.03. The van der Waals surface area contributed by atoms with Gasteiger partial charge in [-0.1, -0.05) is 11.8 Å². The fourth-order valence-corrected chi connectivity index (χ4v) is 4.56. The highest BCUT2D eigenvalue weighted by Gasteiger charge is 2.26. The topological polar surface area (TPSA) is 106 Å². The van der Waals surface area contributed by atoms with Crippen LogP contribution in [-0.2, 0) is 18.9 Å². The number of nitrogens with zero attached hydrogens (tertiary/aromatic N) is 4. The summed E-state index contributed by atoms with van der Waals surface area (Å²) < 4.78 is 7.05. The molecule has 2 aromatic rings. The molecule has 0 spiro atoms. The van der Waals surface area contributed by atoms with Crippen molar-refractivity contribution in [2.24, 2.45) is 19.1 Å². The summed E-state index contributed by atoms with van der Waals surface area (Å²) in [7, 11) is 4.26. The van der Waals surface area contributed by atoms with Gasteiger partial charge in [0.2, 0.25) is 11.8 Å². The second kappa shape index (κ2) is 10.1. The van der Waals surface area contributed by atoms with Crippen LogP contribution in [-0.4, -0.2) is 55.5 Å². The minimum absolute atomic E-state index is 0.0502. The van der Waals surface area contributed by atoms with Gasteiger partial charge in [-0.15, -0.1) is 0 Å². The largest absolute Gasteiger partial charge is 0.497 e. The van der Waals surface area contributed by atoms with Crippen molar-refractivity contribution in [3.05, 3.63) is 50.7 Å². The van der Waals surface area contributed by atoms with Crippen molar-refractivity contribution < 1.29 is 14.6 Å². The average Bonchev–Trinajstić information content (AvgIpc) is 2.80. The van der Waals surface area contributed by atoms with Crippen molar-refractivity contribution in [3.8, 4) is 11.6 Å². The summed E-state index contributed by atoms with van der Waals surface area (Å²) in [5.74, 6) is 0.167. The van der Waals surface area contributed by atoms with E-state index < -0.39 is 17.1 Å². The lowest BCUT2D eigenvalue weighted by Gasteiger charge is -2.33. The molecule has 0 saturated carbocycles. The quantitative estimate of drug-likeness (QED) is 0.541. The number of likely N-dealkylation sites (tertiary alicyclic amines) is 1. The van der Waals surface area contributed by atoms with Crippen molar-refractivity contribution in [1.29, 1.82) is 0 Å². The van der Waals surface area contributed by atoms with Gasteiger partial charge in [0.1, 0.15) is 16.4 Å². The van der Waals surface area contributed by atoms with E-state index in [0.717, 1.165) is 40.2 Å². The summed E-state index contributed by atoms with van der Waals surface area (Å²) in [6.45, 7) is 2.74. The molecule has 3 rings (SSSR count). The van der Waals surface area contributed by atoms with Crippen molar-refractivity contribution in [1.82, 2.24) is 14.0 Å². The van der Waals surface area contributed by atoms with Gasteiger partial charge < -0.3 is 14.7 Å². The molecule has 1 N–H and O–H groups in total. The SMILES string of the molecule is COc1ccc(N=C(SCC(=O)N2CCCCC2C)c2c(O)n(C)c(=O)n(C)c2=O)cc1. The second-order valence-electron chi connectivity index (χ2n) is 7.74. The molecule has 32 heavy (non-hydrogen) atoms. The van der Waals surface area contributed by atoms with Crippen LogP contribution in [0, 0.1) is 0 Å². The summed E-state index contributed by atoms with van der Waals surface area (Å²) in [5.41, 5.74) is -0.926. The molecule has 0 radical (unpaired) electrons. The average molecular weight is 461 g/mol. The highest BCUT2D eigenvalue weighted by Crippen LogP contribution is 2.26. The molecule has 0 bridgehead atoms. The summed E-state index contributed by atoms with van der Waals surface area (Å²) in [5, 5.41) is 10.8. The van der Waals surface area contributed by atoms with Crippen LogP contribution in [0.2, 0.25) is 0 Å². The molecule has 1 atom stereocenters. The molecular weight excluding hydrogens is 432 g/mol. The van der Waals surface area contributed by atoms with E-state index in [4.69, 9.17) is 4.74 Å². The van der Waals surface area contributed by atoms with Crippen molar-refractivity contribution in [2.75, 3.05) is 19.4 Å². The molecule has 1 fully saturated rings. The fourth-order valence-electron chi connectivity index (χ4n) is 3.64. The van der Waals surface area contributed by atoms with Crippen LogP contribution in [0.1, 0.15) is 31.7 Å². The van der Waals surface area contributed by atoms with Gasteiger partial charge in [0.25, 0.3) is 5.56 Å². The van der Waals surface area contributed by atoms with Crippen LogP contribution in [0.4, 0.5) is 5.69 Å². The molecule has 9 nitrogen and oxygen atoms in total. The Morgan fingerprint density at radius 1 is 1.19 bits per heavy atom. The zero-order chi connectivity index (χ0) is 23.4. The van der Waals surface area contributed by atoms with Crippen molar-refractivity contribution >= 4 is 28.4 Å². The first-order valence-electron chi connectivity index (χ1n) is 10.4. The molecule has 10 heteroatoms. The molecule has 1 aliphatic heterocycles. The molecule has 2 heterocycles. The molecule has 172 valence electrons. The van der Waals surface area contributed by atoms with E-state index >= 15 is 0 Å².